The zero-order valence-corrected chi connectivity index (χ0v) is 9.34. The predicted molar refractivity (Wildman–Crippen MR) is 58.4 cm³/mol. The molecule has 15 heavy (non-hydrogen) atoms. The maximum atomic E-state index is 11.6. The Balaban J connectivity index is 1.71. The van der Waals surface area contributed by atoms with E-state index >= 15 is 0 Å². The SMILES string of the molecule is NC1(CC(=O)OC2CCCCC2)CCC1. The van der Waals surface area contributed by atoms with Gasteiger partial charge in [-0.15, -0.1) is 0 Å². The number of nitrogens with two attached hydrogens (primary N) is 1. The molecule has 2 aliphatic rings. The molecule has 0 spiro atoms. The van der Waals surface area contributed by atoms with Crippen molar-refractivity contribution in [1.82, 2.24) is 0 Å². The van der Waals surface area contributed by atoms with Crippen LogP contribution in [0, 0.1) is 0 Å². The summed E-state index contributed by atoms with van der Waals surface area (Å²) in [4.78, 5) is 11.6. The Kier molecular flexibility index (Phi) is 3.29. The summed E-state index contributed by atoms with van der Waals surface area (Å²) in [6.45, 7) is 0. The first-order valence-corrected chi connectivity index (χ1v) is 6.16. The van der Waals surface area contributed by atoms with Gasteiger partial charge in [0.2, 0.25) is 0 Å². The molecule has 0 atom stereocenters. The van der Waals surface area contributed by atoms with Gasteiger partial charge in [-0.2, -0.15) is 0 Å². The molecule has 0 bridgehead atoms. The topological polar surface area (TPSA) is 52.3 Å². The minimum atomic E-state index is -0.230. The first-order valence-electron chi connectivity index (χ1n) is 6.16. The fourth-order valence-corrected chi connectivity index (χ4v) is 2.51. The highest BCUT2D eigenvalue weighted by atomic mass is 16.5. The molecule has 0 radical (unpaired) electrons. The van der Waals surface area contributed by atoms with Crippen molar-refractivity contribution in [3.05, 3.63) is 0 Å². The van der Waals surface area contributed by atoms with E-state index in [-0.39, 0.29) is 17.6 Å². The van der Waals surface area contributed by atoms with Crippen molar-refractivity contribution >= 4 is 5.97 Å². The number of ether oxygens (including phenoxy) is 1. The molecule has 0 aliphatic heterocycles. The van der Waals surface area contributed by atoms with Crippen molar-refractivity contribution in [1.29, 1.82) is 0 Å². The van der Waals surface area contributed by atoms with Crippen molar-refractivity contribution in [2.75, 3.05) is 0 Å². The van der Waals surface area contributed by atoms with Crippen molar-refractivity contribution < 1.29 is 9.53 Å². The van der Waals surface area contributed by atoms with Gasteiger partial charge in [-0.1, -0.05) is 6.42 Å². The van der Waals surface area contributed by atoms with Gasteiger partial charge in [0, 0.05) is 5.54 Å². The maximum absolute atomic E-state index is 11.6. The minimum Gasteiger partial charge on any atom is -0.462 e. The summed E-state index contributed by atoms with van der Waals surface area (Å²) in [6, 6.07) is 0. The van der Waals surface area contributed by atoms with E-state index in [1.54, 1.807) is 0 Å². The Morgan fingerprint density at radius 2 is 1.87 bits per heavy atom. The monoisotopic (exact) mass is 211 g/mol. The average Bonchev–Trinajstić information content (AvgIpc) is 2.16. The lowest BCUT2D eigenvalue weighted by Gasteiger charge is -2.37. The van der Waals surface area contributed by atoms with Crippen LogP contribution in [-0.2, 0) is 9.53 Å². The Labute approximate surface area is 91.4 Å². The van der Waals surface area contributed by atoms with Crippen LogP contribution in [0.15, 0.2) is 0 Å². The van der Waals surface area contributed by atoms with Crippen LogP contribution in [0.3, 0.4) is 0 Å². The number of hydrogen-bond donors (Lipinski definition) is 1. The zero-order chi connectivity index (χ0) is 10.7. The third kappa shape index (κ3) is 2.94. The number of carbonyl (C=O) groups excluding carboxylic acids is 1. The van der Waals surface area contributed by atoms with Crippen LogP contribution >= 0.6 is 0 Å². The van der Waals surface area contributed by atoms with E-state index in [1.165, 1.54) is 19.3 Å². The van der Waals surface area contributed by atoms with Crippen LogP contribution in [0.25, 0.3) is 0 Å². The molecule has 0 aromatic carbocycles. The zero-order valence-electron chi connectivity index (χ0n) is 9.34. The number of hydrogen-bond acceptors (Lipinski definition) is 3. The highest BCUT2D eigenvalue weighted by Gasteiger charge is 2.35. The van der Waals surface area contributed by atoms with Crippen LogP contribution in [0.5, 0.6) is 0 Å². The lowest BCUT2D eigenvalue weighted by atomic mass is 9.75. The van der Waals surface area contributed by atoms with E-state index in [4.69, 9.17) is 10.5 Å². The number of rotatable bonds is 3. The summed E-state index contributed by atoms with van der Waals surface area (Å²) in [5.74, 6) is -0.0795. The van der Waals surface area contributed by atoms with Crippen molar-refractivity contribution in [3.8, 4) is 0 Å². The number of esters is 1. The molecule has 2 rings (SSSR count). The smallest absolute Gasteiger partial charge is 0.307 e. The van der Waals surface area contributed by atoms with Crippen molar-refractivity contribution in [2.45, 2.75) is 69.4 Å². The molecule has 2 aliphatic carbocycles. The molecule has 0 heterocycles. The molecule has 3 nitrogen and oxygen atoms in total. The van der Waals surface area contributed by atoms with Crippen LogP contribution in [0.1, 0.15) is 57.8 Å². The summed E-state index contributed by atoms with van der Waals surface area (Å²) >= 11 is 0. The van der Waals surface area contributed by atoms with Crippen molar-refractivity contribution in [2.24, 2.45) is 5.73 Å². The second kappa shape index (κ2) is 4.52. The number of carbonyl (C=O) groups is 1. The third-order valence-electron chi connectivity index (χ3n) is 3.70. The molecule has 0 aromatic rings. The van der Waals surface area contributed by atoms with Gasteiger partial charge in [-0.3, -0.25) is 4.79 Å². The maximum Gasteiger partial charge on any atom is 0.307 e. The van der Waals surface area contributed by atoms with Gasteiger partial charge in [-0.05, 0) is 44.9 Å². The van der Waals surface area contributed by atoms with E-state index in [2.05, 4.69) is 0 Å². The molecule has 0 aromatic heterocycles. The quantitative estimate of drug-likeness (QED) is 0.728. The van der Waals surface area contributed by atoms with E-state index in [0.717, 1.165) is 32.1 Å². The first kappa shape index (κ1) is 10.9. The molecule has 2 N–H and O–H groups in total. The second-order valence-corrected chi connectivity index (χ2v) is 5.14. The largest absolute Gasteiger partial charge is 0.462 e. The predicted octanol–water partition coefficient (Wildman–Crippen LogP) is 2.13. The fourth-order valence-electron chi connectivity index (χ4n) is 2.51. The molecule has 2 fully saturated rings. The fraction of sp³-hybridized carbons (Fsp3) is 0.917. The molecule has 0 unspecified atom stereocenters. The van der Waals surface area contributed by atoms with E-state index < -0.39 is 0 Å². The Morgan fingerprint density at radius 1 is 1.20 bits per heavy atom. The van der Waals surface area contributed by atoms with Gasteiger partial charge in [0.25, 0.3) is 0 Å². The van der Waals surface area contributed by atoms with Crippen LogP contribution in [0.4, 0.5) is 0 Å². The van der Waals surface area contributed by atoms with Gasteiger partial charge < -0.3 is 10.5 Å². The lowest BCUT2D eigenvalue weighted by molar-refractivity contribution is -0.152. The first-order chi connectivity index (χ1) is 7.18. The van der Waals surface area contributed by atoms with Crippen LogP contribution in [0.2, 0.25) is 0 Å². The third-order valence-corrected chi connectivity index (χ3v) is 3.70. The van der Waals surface area contributed by atoms with Gasteiger partial charge in [0.05, 0.1) is 6.42 Å². The average molecular weight is 211 g/mol. The molecule has 2 saturated carbocycles. The van der Waals surface area contributed by atoms with E-state index in [9.17, 15) is 4.79 Å². The minimum absolute atomic E-state index is 0.0795. The molecule has 3 heteroatoms. The van der Waals surface area contributed by atoms with Crippen LogP contribution in [-0.4, -0.2) is 17.6 Å². The second-order valence-electron chi connectivity index (χ2n) is 5.14. The summed E-state index contributed by atoms with van der Waals surface area (Å²) in [6.07, 6.45) is 9.49. The molecule has 86 valence electrons. The summed E-state index contributed by atoms with van der Waals surface area (Å²) in [5, 5.41) is 0. The standard InChI is InChI=1S/C12H21NO2/c13-12(7-4-8-12)9-11(14)15-10-5-2-1-3-6-10/h10H,1-9,13H2. The lowest BCUT2D eigenvalue weighted by Crippen LogP contribution is -2.48. The Bertz CT molecular complexity index is 230. The molecule has 0 amide bonds. The van der Waals surface area contributed by atoms with Crippen LogP contribution < -0.4 is 5.73 Å². The van der Waals surface area contributed by atoms with E-state index in [0.29, 0.717) is 6.42 Å². The highest BCUT2D eigenvalue weighted by molar-refractivity contribution is 5.71. The summed E-state index contributed by atoms with van der Waals surface area (Å²) in [7, 11) is 0. The Morgan fingerprint density at radius 3 is 2.40 bits per heavy atom. The van der Waals surface area contributed by atoms with Gasteiger partial charge in [0.15, 0.2) is 0 Å². The molecule has 0 saturated heterocycles. The summed E-state index contributed by atoms with van der Waals surface area (Å²) < 4.78 is 5.44. The molecular formula is C12H21NO2. The normalized spacial score (nSPS) is 25.7. The highest BCUT2D eigenvalue weighted by Crippen LogP contribution is 2.33. The van der Waals surface area contributed by atoms with Gasteiger partial charge >= 0.3 is 5.97 Å². The van der Waals surface area contributed by atoms with Gasteiger partial charge in [-0.25, -0.2) is 0 Å². The van der Waals surface area contributed by atoms with Gasteiger partial charge in [0.1, 0.15) is 6.10 Å². The Hall–Kier alpha value is -0.570. The summed E-state index contributed by atoms with van der Waals surface area (Å²) in [5.41, 5.74) is 5.78. The molecular weight excluding hydrogens is 190 g/mol. The van der Waals surface area contributed by atoms with E-state index in [1.807, 2.05) is 0 Å². The van der Waals surface area contributed by atoms with Crippen molar-refractivity contribution in [3.63, 3.8) is 0 Å².